The molecule has 0 atom stereocenters. The molecule has 8 heteroatoms. The SMILES string of the molecule is CCCc1nn(C)c(Sc2ccc(F)cc2)c1N(C=O)c1ccc(F)cc1F. The molecule has 0 saturated heterocycles. The molecule has 3 aromatic rings. The van der Waals surface area contributed by atoms with Crippen LogP contribution in [0.2, 0.25) is 0 Å². The summed E-state index contributed by atoms with van der Waals surface area (Å²) in [6, 6.07) is 8.94. The van der Waals surface area contributed by atoms with E-state index in [0.717, 1.165) is 28.3 Å². The predicted molar refractivity (Wildman–Crippen MR) is 102 cm³/mol. The van der Waals surface area contributed by atoms with E-state index in [0.29, 0.717) is 29.2 Å². The molecule has 0 radical (unpaired) electrons. The van der Waals surface area contributed by atoms with Crippen molar-refractivity contribution in [3.63, 3.8) is 0 Å². The van der Waals surface area contributed by atoms with Gasteiger partial charge in [0.05, 0.1) is 11.4 Å². The molecule has 28 heavy (non-hydrogen) atoms. The Morgan fingerprint density at radius 1 is 1.11 bits per heavy atom. The molecule has 0 aliphatic carbocycles. The van der Waals surface area contributed by atoms with Gasteiger partial charge in [0, 0.05) is 18.0 Å². The van der Waals surface area contributed by atoms with Crippen LogP contribution >= 0.6 is 11.8 Å². The second kappa shape index (κ2) is 8.52. The Labute approximate surface area is 165 Å². The summed E-state index contributed by atoms with van der Waals surface area (Å²) in [5, 5.41) is 5.07. The summed E-state index contributed by atoms with van der Waals surface area (Å²) >= 11 is 1.28. The Bertz CT molecular complexity index is 989. The molecule has 0 aliphatic rings. The van der Waals surface area contributed by atoms with Crippen molar-refractivity contribution in [2.75, 3.05) is 4.90 Å². The molecule has 0 aliphatic heterocycles. The highest BCUT2D eigenvalue weighted by molar-refractivity contribution is 7.99. The normalized spacial score (nSPS) is 10.9. The van der Waals surface area contributed by atoms with Crippen LogP contribution in [-0.4, -0.2) is 16.2 Å². The summed E-state index contributed by atoms with van der Waals surface area (Å²) in [7, 11) is 1.72. The Kier molecular flexibility index (Phi) is 6.08. The molecule has 2 aromatic carbocycles. The first kappa shape index (κ1) is 20.0. The molecule has 0 fully saturated rings. The second-order valence-electron chi connectivity index (χ2n) is 6.10. The lowest BCUT2D eigenvalue weighted by Crippen LogP contribution is -2.17. The van der Waals surface area contributed by atoms with Crippen LogP contribution in [-0.2, 0) is 18.3 Å². The largest absolute Gasteiger partial charge is 0.278 e. The summed E-state index contributed by atoms with van der Waals surface area (Å²) in [6.07, 6.45) is 1.82. The van der Waals surface area contributed by atoms with Crippen molar-refractivity contribution in [3.8, 4) is 0 Å². The zero-order chi connectivity index (χ0) is 20.3. The van der Waals surface area contributed by atoms with Crippen LogP contribution in [0.1, 0.15) is 19.0 Å². The lowest BCUT2D eigenvalue weighted by molar-refractivity contribution is -0.106. The van der Waals surface area contributed by atoms with Crippen LogP contribution in [0.3, 0.4) is 0 Å². The number of hydrogen-bond acceptors (Lipinski definition) is 3. The molecule has 0 spiro atoms. The van der Waals surface area contributed by atoms with Crippen molar-refractivity contribution >= 4 is 29.5 Å². The zero-order valence-corrected chi connectivity index (χ0v) is 16.1. The van der Waals surface area contributed by atoms with Gasteiger partial charge >= 0.3 is 0 Å². The predicted octanol–water partition coefficient (Wildman–Crippen LogP) is 5.24. The molecule has 1 aromatic heterocycles. The fourth-order valence-electron chi connectivity index (χ4n) is 2.83. The summed E-state index contributed by atoms with van der Waals surface area (Å²) in [4.78, 5) is 13.8. The van der Waals surface area contributed by atoms with E-state index >= 15 is 0 Å². The second-order valence-corrected chi connectivity index (χ2v) is 7.16. The fourth-order valence-corrected chi connectivity index (χ4v) is 3.81. The number of hydrogen-bond donors (Lipinski definition) is 0. The average Bonchev–Trinajstić information content (AvgIpc) is 2.95. The lowest BCUT2D eigenvalue weighted by atomic mass is 10.2. The van der Waals surface area contributed by atoms with Crippen molar-refractivity contribution in [2.24, 2.45) is 7.05 Å². The van der Waals surface area contributed by atoms with Gasteiger partial charge in [0.15, 0.2) is 0 Å². The van der Waals surface area contributed by atoms with Crippen molar-refractivity contribution in [3.05, 3.63) is 65.6 Å². The lowest BCUT2D eigenvalue weighted by Gasteiger charge is -2.20. The Hall–Kier alpha value is -2.74. The number of aromatic nitrogens is 2. The highest BCUT2D eigenvalue weighted by atomic mass is 32.2. The van der Waals surface area contributed by atoms with Crippen molar-refractivity contribution in [1.29, 1.82) is 0 Å². The van der Waals surface area contributed by atoms with E-state index in [-0.39, 0.29) is 11.5 Å². The molecule has 0 unspecified atom stereocenters. The van der Waals surface area contributed by atoms with E-state index in [1.807, 2.05) is 6.92 Å². The van der Waals surface area contributed by atoms with E-state index in [4.69, 9.17) is 0 Å². The third kappa shape index (κ3) is 4.06. The minimum Gasteiger partial charge on any atom is -0.278 e. The zero-order valence-electron chi connectivity index (χ0n) is 15.3. The van der Waals surface area contributed by atoms with Gasteiger partial charge in [-0.2, -0.15) is 5.10 Å². The number of amides is 1. The Morgan fingerprint density at radius 2 is 1.79 bits per heavy atom. The monoisotopic (exact) mass is 405 g/mol. The number of aryl methyl sites for hydroxylation is 2. The number of anilines is 2. The quantitative estimate of drug-likeness (QED) is 0.505. The number of benzene rings is 2. The van der Waals surface area contributed by atoms with Gasteiger partial charge in [-0.15, -0.1) is 0 Å². The van der Waals surface area contributed by atoms with Crippen LogP contribution in [0.5, 0.6) is 0 Å². The highest BCUT2D eigenvalue weighted by Gasteiger charge is 2.25. The third-order valence-electron chi connectivity index (χ3n) is 4.07. The first-order chi connectivity index (χ1) is 13.4. The number of carbonyl (C=O) groups is 1. The maximum absolute atomic E-state index is 14.4. The van der Waals surface area contributed by atoms with Crippen molar-refractivity contribution < 1.29 is 18.0 Å². The number of rotatable bonds is 7. The van der Waals surface area contributed by atoms with Crippen LogP contribution in [0.25, 0.3) is 0 Å². The van der Waals surface area contributed by atoms with Gasteiger partial charge in [-0.3, -0.25) is 14.4 Å². The molecule has 0 bridgehead atoms. The standard InChI is InChI=1S/C20H18F3N3OS/c1-3-4-17-19(26(12-27)18-10-7-14(22)11-16(18)23)20(25(2)24-17)28-15-8-5-13(21)6-9-15/h5-12H,3-4H2,1-2H3. The summed E-state index contributed by atoms with van der Waals surface area (Å²) < 4.78 is 42.5. The van der Waals surface area contributed by atoms with Crippen molar-refractivity contribution in [1.82, 2.24) is 9.78 Å². The molecule has 1 heterocycles. The van der Waals surface area contributed by atoms with Gasteiger partial charge in [-0.1, -0.05) is 25.1 Å². The molecule has 0 N–H and O–H groups in total. The minimum atomic E-state index is -0.851. The van der Waals surface area contributed by atoms with E-state index in [2.05, 4.69) is 5.10 Å². The molecule has 3 rings (SSSR count). The first-order valence-electron chi connectivity index (χ1n) is 8.63. The maximum Gasteiger partial charge on any atom is 0.218 e. The Morgan fingerprint density at radius 3 is 2.39 bits per heavy atom. The number of nitrogens with zero attached hydrogens (tertiary/aromatic N) is 3. The average molecular weight is 405 g/mol. The van der Waals surface area contributed by atoms with E-state index in [1.165, 1.54) is 30.0 Å². The maximum atomic E-state index is 14.4. The summed E-state index contributed by atoms with van der Waals surface area (Å²) in [5.74, 6) is -1.94. The number of halogens is 3. The molecule has 4 nitrogen and oxygen atoms in total. The molecular formula is C20H18F3N3OS. The molecule has 1 amide bonds. The topological polar surface area (TPSA) is 38.1 Å². The van der Waals surface area contributed by atoms with Gasteiger partial charge in [-0.25, -0.2) is 13.2 Å². The smallest absolute Gasteiger partial charge is 0.218 e. The van der Waals surface area contributed by atoms with Gasteiger partial charge in [0.25, 0.3) is 0 Å². The molecule has 0 saturated carbocycles. The third-order valence-corrected chi connectivity index (χ3v) is 5.23. The van der Waals surface area contributed by atoms with Crippen LogP contribution in [0.15, 0.2) is 52.4 Å². The molecule has 146 valence electrons. The van der Waals surface area contributed by atoms with Gasteiger partial charge in [0.2, 0.25) is 6.41 Å². The van der Waals surface area contributed by atoms with Gasteiger partial charge in [-0.05, 0) is 42.8 Å². The van der Waals surface area contributed by atoms with Crippen molar-refractivity contribution in [2.45, 2.75) is 29.7 Å². The van der Waals surface area contributed by atoms with Crippen LogP contribution in [0.4, 0.5) is 24.5 Å². The van der Waals surface area contributed by atoms with Crippen LogP contribution in [0, 0.1) is 17.5 Å². The van der Waals surface area contributed by atoms with Gasteiger partial charge < -0.3 is 0 Å². The Balaban J connectivity index is 2.13. The highest BCUT2D eigenvalue weighted by Crippen LogP contribution is 2.41. The summed E-state index contributed by atoms with van der Waals surface area (Å²) in [5.41, 5.74) is 0.979. The van der Waals surface area contributed by atoms with E-state index < -0.39 is 11.6 Å². The van der Waals surface area contributed by atoms with Gasteiger partial charge in [0.1, 0.15) is 28.2 Å². The number of carbonyl (C=O) groups excluding carboxylic acids is 1. The van der Waals surface area contributed by atoms with E-state index in [1.54, 1.807) is 23.9 Å². The van der Waals surface area contributed by atoms with Crippen LogP contribution < -0.4 is 4.90 Å². The fraction of sp³-hybridized carbons (Fsp3) is 0.200. The molecular weight excluding hydrogens is 387 g/mol. The first-order valence-corrected chi connectivity index (χ1v) is 9.45. The minimum absolute atomic E-state index is 0.0669. The summed E-state index contributed by atoms with van der Waals surface area (Å²) in [6.45, 7) is 1.97. The van der Waals surface area contributed by atoms with E-state index in [9.17, 15) is 18.0 Å².